The van der Waals surface area contributed by atoms with Crippen molar-refractivity contribution >= 4 is 11.2 Å². The highest BCUT2D eigenvalue weighted by Gasteiger charge is 2.22. The van der Waals surface area contributed by atoms with Crippen molar-refractivity contribution in [1.29, 1.82) is 0 Å². The molecule has 2 rings (SSSR count). The van der Waals surface area contributed by atoms with Crippen LogP contribution >= 0.6 is 0 Å². The Bertz CT molecular complexity index is 709. The second-order valence-electron chi connectivity index (χ2n) is 7.61. The summed E-state index contributed by atoms with van der Waals surface area (Å²) < 4.78 is 1.91. The van der Waals surface area contributed by atoms with Gasteiger partial charge in [-0.15, -0.1) is 0 Å². The van der Waals surface area contributed by atoms with Crippen LogP contribution in [0.5, 0.6) is 0 Å². The number of H-pyrrole nitrogens is 1. The Hall–Kier alpha value is -1.58. The van der Waals surface area contributed by atoms with E-state index in [0.29, 0.717) is 23.3 Å². The smallest absolute Gasteiger partial charge is 0.212 e. The highest BCUT2D eigenvalue weighted by molar-refractivity contribution is 5.72. The Balaban J connectivity index is 2.66. The van der Waals surface area contributed by atoms with Gasteiger partial charge in [0.2, 0.25) is 5.43 Å². The molecular weight excluding hydrogens is 286 g/mol. The van der Waals surface area contributed by atoms with Gasteiger partial charge in [-0.3, -0.25) is 4.79 Å². The minimum atomic E-state index is 0.118. The van der Waals surface area contributed by atoms with E-state index in [4.69, 9.17) is 0 Å². The van der Waals surface area contributed by atoms with Crippen molar-refractivity contribution in [1.82, 2.24) is 14.5 Å². The van der Waals surface area contributed by atoms with Gasteiger partial charge in [0.15, 0.2) is 5.52 Å². The lowest BCUT2D eigenvalue weighted by molar-refractivity contribution is 0.460. The molecule has 2 aromatic rings. The SMILES string of the molecule is CCC[C@H](CC(C)C)c1[nH]c2c(ncn2C)c(=O)c1CC(C)C. The van der Waals surface area contributed by atoms with Crippen LogP contribution in [-0.2, 0) is 13.5 Å². The lowest BCUT2D eigenvalue weighted by atomic mass is 9.86. The fraction of sp³-hybridized carbons (Fsp3) is 0.684. The first-order valence-corrected chi connectivity index (χ1v) is 8.91. The molecule has 0 aliphatic heterocycles. The van der Waals surface area contributed by atoms with E-state index in [0.717, 1.165) is 42.6 Å². The topological polar surface area (TPSA) is 50.7 Å². The van der Waals surface area contributed by atoms with Gasteiger partial charge >= 0.3 is 0 Å². The number of fused-ring (bicyclic) bond motifs is 1. The van der Waals surface area contributed by atoms with Crippen LogP contribution in [-0.4, -0.2) is 14.5 Å². The molecule has 1 N–H and O–H groups in total. The Labute approximate surface area is 139 Å². The summed E-state index contributed by atoms with van der Waals surface area (Å²) in [7, 11) is 1.94. The number of aromatic amines is 1. The van der Waals surface area contributed by atoms with E-state index in [1.807, 2.05) is 11.6 Å². The van der Waals surface area contributed by atoms with Crippen molar-refractivity contribution < 1.29 is 0 Å². The zero-order valence-corrected chi connectivity index (χ0v) is 15.4. The van der Waals surface area contributed by atoms with Crippen LogP contribution in [0.2, 0.25) is 0 Å². The molecule has 2 heterocycles. The van der Waals surface area contributed by atoms with Crippen LogP contribution in [0, 0.1) is 11.8 Å². The predicted molar refractivity (Wildman–Crippen MR) is 97.0 cm³/mol. The number of hydrogen-bond donors (Lipinski definition) is 1. The Kier molecular flexibility index (Phi) is 5.66. The van der Waals surface area contributed by atoms with E-state index in [1.165, 1.54) is 0 Å². The number of nitrogens with one attached hydrogen (secondary N) is 1. The minimum Gasteiger partial charge on any atom is -0.343 e. The molecule has 0 unspecified atom stereocenters. The van der Waals surface area contributed by atoms with Gasteiger partial charge < -0.3 is 9.55 Å². The molecule has 0 spiro atoms. The van der Waals surface area contributed by atoms with Gasteiger partial charge in [0.25, 0.3) is 0 Å². The first kappa shape index (κ1) is 17.8. The van der Waals surface area contributed by atoms with Crippen LogP contribution in [0.25, 0.3) is 11.2 Å². The maximum absolute atomic E-state index is 13.0. The van der Waals surface area contributed by atoms with E-state index >= 15 is 0 Å². The first-order valence-electron chi connectivity index (χ1n) is 8.91. The summed E-state index contributed by atoms with van der Waals surface area (Å²) >= 11 is 0. The number of rotatable bonds is 7. The molecule has 0 fully saturated rings. The van der Waals surface area contributed by atoms with E-state index < -0.39 is 0 Å². The summed E-state index contributed by atoms with van der Waals surface area (Å²) in [5.74, 6) is 1.49. The fourth-order valence-corrected chi connectivity index (χ4v) is 3.47. The molecule has 1 atom stereocenters. The third-order valence-electron chi connectivity index (χ3n) is 4.42. The number of aromatic nitrogens is 3. The van der Waals surface area contributed by atoms with Gasteiger partial charge in [-0.05, 0) is 37.0 Å². The molecule has 2 aromatic heterocycles. The summed E-state index contributed by atoms with van der Waals surface area (Å²) in [6.07, 6.45) is 5.89. The van der Waals surface area contributed by atoms with Gasteiger partial charge in [-0.25, -0.2) is 4.98 Å². The number of aryl methyl sites for hydroxylation is 1. The lowest BCUT2D eigenvalue weighted by Gasteiger charge is -2.22. The average molecular weight is 317 g/mol. The maximum Gasteiger partial charge on any atom is 0.212 e. The molecule has 0 amide bonds. The van der Waals surface area contributed by atoms with Crippen molar-refractivity contribution in [3.63, 3.8) is 0 Å². The largest absolute Gasteiger partial charge is 0.343 e. The van der Waals surface area contributed by atoms with Crippen molar-refractivity contribution in [3.05, 3.63) is 27.8 Å². The molecule has 128 valence electrons. The average Bonchev–Trinajstić information content (AvgIpc) is 2.82. The standard InChI is InChI=1S/C19H31N3O/c1-7-8-14(9-12(2)3)16-15(10-13(4)5)18(23)17-19(21-16)22(6)11-20-17/h11-14H,7-10H2,1-6H3,(H,21,23)/t14-/m1/s1. The minimum absolute atomic E-state index is 0.118. The molecule has 4 heteroatoms. The number of pyridine rings is 1. The molecule has 0 saturated heterocycles. The molecular formula is C19H31N3O. The molecule has 0 saturated carbocycles. The third kappa shape index (κ3) is 3.85. The third-order valence-corrected chi connectivity index (χ3v) is 4.42. The molecule has 0 aromatic carbocycles. The second-order valence-corrected chi connectivity index (χ2v) is 7.61. The quantitative estimate of drug-likeness (QED) is 0.823. The zero-order chi connectivity index (χ0) is 17.1. The molecule has 0 radical (unpaired) electrons. The molecule has 0 aliphatic carbocycles. The Morgan fingerprint density at radius 2 is 1.91 bits per heavy atom. The fourth-order valence-electron chi connectivity index (χ4n) is 3.47. The van der Waals surface area contributed by atoms with Crippen molar-refractivity contribution in [2.24, 2.45) is 18.9 Å². The predicted octanol–water partition coefficient (Wildman–Crippen LogP) is 4.39. The van der Waals surface area contributed by atoms with Gasteiger partial charge in [0.1, 0.15) is 5.65 Å². The summed E-state index contributed by atoms with van der Waals surface area (Å²) in [5.41, 5.74) is 3.64. The Morgan fingerprint density at radius 1 is 1.22 bits per heavy atom. The highest BCUT2D eigenvalue weighted by atomic mass is 16.1. The van der Waals surface area contributed by atoms with E-state index in [1.54, 1.807) is 6.33 Å². The van der Waals surface area contributed by atoms with Gasteiger partial charge in [0, 0.05) is 18.3 Å². The maximum atomic E-state index is 13.0. The summed E-state index contributed by atoms with van der Waals surface area (Å²) in [6.45, 7) is 11.1. The molecule has 0 bridgehead atoms. The number of hydrogen-bond acceptors (Lipinski definition) is 2. The van der Waals surface area contributed by atoms with Crippen LogP contribution in [0.15, 0.2) is 11.1 Å². The Morgan fingerprint density at radius 3 is 2.48 bits per heavy atom. The van der Waals surface area contributed by atoms with Crippen molar-refractivity contribution in [3.8, 4) is 0 Å². The highest BCUT2D eigenvalue weighted by Crippen LogP contribution is 2.30. The van der Waals surface area contributed by atoms with Crippen molar-refractivity contribution in [2.45, 2.75) is 66.2 Å². The number of nitrogens with zero attached hydrogens (tertiary/aromatic N) is 2. The van der Waals surface area contributed by atoms with E-state index in [-0.39, 0.29) is 5.43 Å². The zero-order valence-electron chi connectivity index (χ0n) is 15.4. The summed E-state index contributed by atoms with van der Waals surface area (Å²) in [4.78, 5) is 20.9. The van der Waals surface area contributed by atoms with Crippen LogP contribution in [0.3, 0.4) is 0 Å². The van der Waals surface area contributed by atoms with Crippen molar-refractivity contribution in [2.75, 3.05) is 0 Å². The second kappa shape index (κ2) is 7.33. The van der Waals surface area contributed by atoms with E-state index in [2.05, 4.69) is 44.6 Å². The molecule has 4 nitrogen and oxygen atoms in total. The van der Waals surface area contributed by atoms with Gasteiger partial charge in [0.05, 0.1) is 6.33 Å². The van der Waals surface area contributed by atoms with Gasteiger partial charge in [-0.2, -0.15) is 0 Å². The number of imidazole rings is 1. The molecule has 23 heavy (non-hydrogen) atoms. The normalized spacial score (nSPS) is 13.4. The summed E-state index contributed by atoms with van der Waals surface area (Å²) in [5, 5.41) is 0. The van der Waals surface area contributed by atoms with E-state index in [9.17, 15) is 4.79 Å². The monoisotopic (exact) mass is 317 g/mol. The summed E-state index contributed by atoms with van der Waals surface area (Å²) in [6, 6.07) is 0. The van der Waals surface area contributed by atoms with Crippen LogP contribution in [0.4, 0.5) is 0 Å². The first-order chi connectivity index (χ1) is 10.8. The van der Waals surface area contributed by atoms with Gasteiger partial charge in [-0.1, -0.05) is 41.0 Å². The lowest BCUT2D eigenvalue weighted by Crippen LogP contribution is -2.20. The molecule has 0 aliphatic rings. The van der Waals surface area contributed by atoms with Crippen LogP contribution in [0.1, 0.15) is 71.1 Å². The van der Waals surface area contributed by atoms with Crippen LogP contribution < -0.4 is 5.43 Å².